The van der Waals surface area contributed by atoms with Gasteiger partial charge in [-0.1, -0.05) is 32.8 Å². The second-order valence-electron chi connectivity index (χ2n) is 5.07. The molecule has 0 aliphatic heterocycles. The molecule has 0 fully saturated rings. The van der Waals surface area contributed by atoms with Crippen LogP contribution in [0.15, 0.2) is 18.2 Å². The normalized spacial score (nSPS) is 10.5. The van der Waals surface area contributed by atoms with Crippen molar-refractivity contribution in [3.05, 3.63) is 23.8 Å². The van der Waals surface area contributed by atoms with Crippen LogP contribution in [0, 0.1) is 5.92 Å². The minimum absolute atomic E-state index is 0.138. The Morgan fingerprint density at radius 3 is 2.74 bits per heavy atom. The van der Waals surface area contributed by atoms with Gasteiger partial charge in [0.05, 0.1) is 18.4 Å². The number of rotatable bonds is 7. The first-order chi connectivity index (χ1) is 9.06. The highest BCUT2D eigenvalue weighted by molar-refractivity contribution is 6.00. The first-order valence-electron chi connectivity index (χ1n) is 6.77. The molecule has 0 aliphatic rings. The molecule has 4 heteroatoms. The van der Waals surface area contributed by atoms with Gasteiger partial charge in [0.25, 0.3) is 5.91 Å². The monoisotopic (exact) mass is 264 g/mol. The van der Waals surface area contributed by atoms with Gasteiger partial charge in [0, 0.05) is 6.54 Å². The summed E-state index contributed by atoms with van der Waals surface area (Å²) in [6.45, 7) is 5.09. The molecule has 3 N–H and O–H groups in total. The largest absolute Gasteiger partial charge is 0.495 e. The van der Waals surface area contributed by atoms with Crippen molar-refractivity contribution in [1.82, 2.24) is 5.32 Å². The van der Waals surface area contributed by atoms with E-state index in [0.717, 1.165) is 12.8 Å². The molecular formula is C15H24N2O2. The van der Waals surface area contributed by atoms with Crippen molar-refractivity contribution in [2.45, 2.75) is 33.1 Å². The van der Waals surface area contributed by atoms with E-state index >= 15 is 0 Å². The zero-order chi connectivity index (χ0) is 14.3. The Hall–Kier alpha value is -1.71. The third-order valence-corrected chi connectivity index (χ3v) is 3.02. The number of benzene rings is 1. The summed E-state index contributed by atoms with van der Waals surface area (Å²) in [4.78, 5) is 12.0. The third kappa shape index (κ3) is 4.81. The van der Waals surface area contributed by atoms with Crippen molar-refractivity contribution in [3.8, 4) is 5.75 Å². The number of amides is 1. The van der Waals surface area contributed by atoms with Crippen molar-refractivity contribution < 1.29 is 9.53 Å². The number of unbranched alkanes of at least 4 members (excludes halogenated alkanes) is 1. The van der Waals surface area contributed by atoms with Crippen LogP contribution in [0.2, 0.25) is 0 Å². The summed E-state index contributed by atoms with van der Waals surface area (Å²) in [7, 11) is 1.54. The number of carbonyl (C=O) groups excluding carboxylic acids is 1. The molecule has 0 bridgehead atoms. The quantitative estimate of drug-likeness (QED) is 0.588. The molecule has 0 spiro atoms. The fourth-order valence-corrected chi connectivity index (χ4v) is 1.89. The minimum atomic E-state index is -0.138. The number of nitrogens with two attached hydrogens (primary N) is 1. The molecule has 0 aliphatic carbocycles. The highest BCUT2D eigenvalue weighted by Gasteiger charge is 2.12. The average molecular weight is 264 g/mol. The van der Waals surface area contributed by atoms with Crippen molar-refractivity contribution >= 4 is 11.6 Å². The number of anilines is 1. The van der Waals surface area contributed by atoms with Crippen LogP contribution >= 0.6 is 0 Å². The number of hydrogen-bond acceptors (Lipinski definition) is 3. The summed E-state index contributed by atoms with van der Waals surface area (Å²) in [6, 6.07) is 5.22. The van der Waals surface area contributed by atoms with E-state index in [4.69, 9.17) is 10.5 Å². The Morgan fingerprint density at radius 1 is 1.37 bits per heavy atom. The molecule has 0 heterocycles. The molecule has 0 saturated carbocycles. The number of ether oxygens (including phenoxy) is 1. The van der Waals surface area contributed by atoms with E-state index in [-0.39, 0.29) is 5.91 Å². The Balaban J connectivity index is 2.46. The molecule has 1 rings (SSSR count). The zero-order valence-corrected chi connectivity index (χ0v) is 12.0. The van der Waals surface area contributed by atoms with Crippen LogP contribution in [0.5, 0.6) is 5.75 Å². The van der Waals surface area contributed by atoms with Crippen molar-refractivity contribution in [1.29, 1.82) is 0 Å². The van der Waals surface area contributed by atoms with E-state index in [1.165, 1.54) is 6.42 Å². The summed E-state index contributed by atoms with van der Waals surface area (Å²) in [5.41, 5.74) is 6.75. The van der Waals surface area contributed by atoms with Gasteiger partial charge in [0.15, 0.2) is 0 Å². The maximum absolute atomic E-state index is 12.0. The fourth-order valence-electron chi connectivity index (χ4n) is 1.89. The average Bonchev–Trinajstić information content (AvgIpc) is 2.38. The van der Waals surface area contributed by atoms with E-state index < -0.39 is 0 Å². The summed E-state index contributed by atoms with van der Waals surface area (Å²) < 4.78 is 5.10. The highest BCUT2D eigenvalue weighted by Crippen LogP contribution is 2.24. The van der Waals surface area contributed by atoms with Gasteiger partial charge in [-0.3, -0.25) is 4.79 Å². The van der Waals surface area contributed by atoms with Crippen LogP contribution in [0.3, 0.4) is 0 Å². The summed E-state index contributed by atoms with van der Waals surface area (Å²) in [6.07, 6.45) is 3.32. The van der Waals surface area contributed by atoms with Gasteiger partial charge in [-0.15, -0.1) is 0 Å². The molecule has 0 radical (unpaired) electrons. The molecule has 1 aromatic rings. The van der Waals surface area contributed by atoms with Crippen LogP contribution < -0.4 is 15.8 Å². The summed E-state index contributed by atoms with van der Waals surface area (Å²) in [5.74, 6) is 1.11. The molecule has 0 unspecified atom stereocenters. The first kappa shape index (κ1) is 15.3. The Kier molecular flexibility index (Phi) is 6.19. The molecule has 0 saturated heterocycles. The molecule has 4 nitrogen and oxygen atoms in total. The van der Waals surface area contributed by atoms with Gasteiger partial charge < -0.3 is 15.8 Å². The lowest BCUT2D eigenvalue weighted by atomic mass is 10.1. The van der Waals surface area contributed by atoms with Gasteiger partial charge in [0.1, 0.15) is 5.75 Å². The number of methoxy groups -OCH3 is 1. The lowest BCUT2D eigenvalue weighted by Crippen LogP contribution is -2.25. The molecule has 1 aromatic carbocycles. The SMILES string of the molecule is COc1cccc(C(=O)NCCCCC(C)C)c1N. The Labute approximate surface area is 115 Å². The minimum Gasteiger partial charge on any atom is -0.495 e. The predicted molar refractivity (Wildman–Crippen MR) is 78.4 cm³/mol. The molecular weight excluding hydrogens is 240 g/mol. The maximum Gasteiger partial charge on any atom is 0.253 e. The van der Waals surface area contributed by atoms with Crippen molar-refractivity contribution in [3.63, 3.8) is 0 Å². The lowest BCUT2D eigenvalue weighted by molar-refractivity contribution is 0.0953. The van der Waals surface area contributed by atoms with E-state index in [1.54, 1.807) is 25.3 Å². The first-order valence-corrected chi connectivity index (χ1v) is 6.77. The molecule has 0 aromatic heterocycles. The number of carbonyl (C=O) groups is 1. The van der Waals surface area contributed by atoms with Crippen molar-refractivity contribution in [2.75, 3.05) is 19.4 Å². The summed E-state index contributed by atoms with van der Waals surface area (Å²) in [5, 5.41) is 2.89. The number of nitrogens with one attached hydrogen (secondary N) is 1. The van der Waals surface area contributed by atoms with Gasteiger partial charge in [-0.2, -0.15) is 0 Å². The second-order valence-corrected chi connectivity index (χ2v) is 5.07. The maximum atomic E-state index is 12.0. The second kappa shape index (κ2) is 7.67. The van der Waals surface area contributed by atoms with Gasteiger partial charge in [-0.25, -0.2) is 0 Å². The van der Waals surface area contributed by atoms with Crippen LogP contribution in [0.4, 0.5) is 5.69 Å². The van der Waals surface area contributed by atoms with E-state index in [2.05, 4.69) is 19.2 Å². The molecule has 1 amide bonds. The van der Waals surface area contributed by atoms with E-state index in [0.29, 0.717) is 29.5 Å². The number of hydrogen-bond donors (Lipinski definition) is 2. The molecule has 106 valence electrons. The topological polar surface area (TPSA) is 64.3 Å². The van der Waals surface area contributed by atoms with Crippen LogP contribution in [-0.2, 0) is 0 Å². The van der Waals surface area contributed by atoms with Crippen LogP contribution in [-0.4, -0.2) is 19.6 Å². The van der Waals surface area contributed by atoms with Crippen molar-refractivity contribution in [2.24, 2.45) is 5.92 Å². The fraction of sp³-hybridized carbons (Fsp3) is 0.533. The Bertz CT molecular complexity index is 417. The summed E-state index contributed by atoms with van der Waals surface area (Å²) >= 11 is 0. The van der Waals surface area contributed by atoms with Crippen LogP contribution in [0.25, 0.3) is 0 Å². The van der Waals surface area contributed by atoms with E-state index in [1.807, 2.05) is 0 Å². The zero-order valence-electron chi connectivity index (χ0n) is 12.0. The standard InChI is InChI=1S/C15H24N2O2/c1-11(2)7-4-5-10-17-15(18)12-8-6-9-13(19-3)14(12)16/h6,8-9,11H,4-5,7,10,16H2,1-3H3,(H,17,18). The third-order valence-electron chi connectivity index (χ3n) is 3.02. The number of para-hydroxylation sites is 1. The predicted octanol–water partition coefficient (Wildman–Crippen LogP) is 2.83. The highest BCUT2D eigenvalue weighted by atomic mass is 16.5. The molecule has 19 heavy (non-hydrogen) atoms. The van der Waals surface area contributed by atoms with Gasteiger partial charge >= 0.3 is 0 Å². The van der Waals surface area contributed by atoms with Crippen LogP contribution in [0.1, 0.15) is 43.5 Å². The van der Waals surface area contributed by atoms with Gasteiger partial charge in [-0.05, 0) is 24.5 Å². The molecule has 0 atom stereocenters. The smallest absolute Gasteiger partial charge is 0.253 e. The Morgan fingerprint density at radius 2 is 2.11 bits per heavy atom. The lowest BCUT2D eigenvalue weighted by Gasteiger charge is -2.10. The van der Waals surface area contributed by atoms with E-state index in [9.17, 15) is 4.79 Å². The number of nitrogen functional groups attached to an aromatic ring is 1. The van der Waals surface area contributed by atoms with Gasteiger partial charge in [0.2, 0.25) is 0 Å².